The third kappa shape index (κ3) is 3.15. The van der Waals surface area contributed by atoms with Crippen LogP contribution in [0, 0.1) is 16.0 Å². The molecule has 112 valence electrons. The molecule has 0 aliphatic rings. The van der Waals surface area contributed by atoms with Gasteiger partial charge in [-0.2, -0.15) is 4.40 Å². The van der Waals surface area contributed by atoms with Crippen molar-refractivity contribution in [1.29, 1.82) is 0 Å². The number of aliphatic carboxylic acids is 1. The molecule has 0 aliphatic carbocycles. The lowest BCUT2D eigenvalue weighted by molar-refractivity contribution is -0.391. The second kappa shape index (κ2) is 6.13. The minimum absolute atomic E-state index is 0.0661. The summed E-state index contributed by atoms with van der Waals surface area (Å²) in [5, 5.41) is 19.8. The Morgan fingerprint density at radius 1 is 1.52 bits per heavy atom. The number of carbonyl (C=O) groups is 1. The molecule has 0 radical (unpaired) electrons. The summed E-state index contributed by atoms with van der Waals surface area (Å²) >= 11 is 1.16. The van der Waals surface area contributed by atoms with Crippen molar-refractivity contribution in [2.24, 2.45) is 5.92 Å². The van der Waals surface area contributed by atoms with E-state index in [0.717, 1.165) is 11.8 Å². The van der Waals surface area contributed by atoms with Crippen molar-refractivity contribution in [3.05, 3.63) is 40.2 Å². The fourth-order valence-corrected chi connectivity index (χ4v) is 3.10. The van der Waals surface area contributed by atoms with Gasteiger partial charge in [-0.15, -0.1) is 11.8 Å². The number of aromatic nitrogens is 2. The summed E-state index contributed by atoms with van der Waals surface area (Å²) < 4.78 is 1.40. The van der Waals surface area contributed by atoms with Gasteiger partial charge in [0.25, 0.3) is 0 Å². The van der Waals surface area contributed by atoms with Crippen LogP contribution in [0.5, 0.6) is 0 Å². The molecule has 0 bridgehead atoms. The number of thioether (sulfide) groups is 1. The van der Waals surface area contributed by atoms with Crippen molar-refractivity contribution in [1.82, 2.24) is 9.38 Å². The number of carboxylic acid groups (broad SMARTS) is 1. The number of imidazole rings is 1. The molecular formula is C13H15N3O4S. The maximum atomic E-state index is 11.2. The summed E-state index contributed by atoms with van der Waals surface area (Å²) in [5.74, 6) is -0.899. The SMILES string of the molecule is CC(C)C(SCc1nc2ccccn2c1[N+](=O)[O-])C(=O)O. The summed E-state index contributed by atoms with van der Waals surface area (Å²) in [6.07, 6.45) is 1.58. The molecule has 1 unspecified atom stereocenters. The Morgan fingerprint density at radius 3 is 2.81 bits per heavy atom. The van der Waals surface area contributed by atoms with Crippen molar-refractivity contribution < 1.29 is 14.8 Å². The van der Waals surface area contributed by atoms with Gasteiger partial charge < -0.3 is 15.2 Å². The molecule has 8 heteroatoms. The van der Waals surface area contributed by atoms with Crippen LogP contribution >= 0.6 is 11.8 Å². The average molecular weight is 309 g/mol. The number of rotatable bonds is 6. The number of carboxylic acids is 1. The zero-order valence-electron chi connectivity index (χ0n) is 11.6. The Labute approximate surface area is 125 Å². The van der Waals surface area contributed by atoms with Gasteiger partial charge in [-0.3, -0.25) is 4.79 Å². The van der Waals surface area contributed by atoms with Gasteiger partial charge in [-0.25, -0.2) is 4.98 Å². The third-order valence-electron chi connectivity index (χ3n) is 3.00. The molecule has 2 rings (SSSR count). The Kier molecular flexibility index (Phi) is 4.46. The Morgan fingerprint density at radius 2 is 2.24 bits per heavy atom. The average Bonchev–Trinajstić information content (AvgIpc) is 2.76. The van der Waals surface area contributed by atoms with E-state index in [1.165, 1.54) is 4.40 Å². The number of nitrogens with zero attached hydrogens (tertiary/aromatic N) is 3. The highest BCUT2D eigenvalue weighted by Gasteiger charge is 2.26. The van der Waals surface area contributed by atoms with Crippen molar-refractivity contribution in [2.75, 3.05) is 0 Å². The van der Waals surface area contributed by atoms with E-state index in [2.05, 4.69) is 4.98 Å². The molecule has 1 N–H and O–H groups in total. The monoisotopic (exact) mass is 309 g/mol. The first-order chi connectivity index (χ1) is 9.91. The molecule has 0 aromatic carbocycles. The molecule has 0 aliphatic heterocycles. The number of nitro groups is 1. The van der Waals surface area contributed by atoms with E-state index in [1.54, 1.807) is 24.4 Å². The van der Waals surface area contributed by atoms with Crippen LogP contribution in [0.4, 0.5) is 5.82 Å². The van der Waals surface area contributed by atoms with E-state index < -0.39 is 16.1 Å². The molecule has 2 heterocycles. The lowest BCUT2D eigenvalue weighted by atomic mass is 10.1. The second-order valence-electron chi connectivity index (χ2n) is 4.88. The highest BCUT2D eigenvalue weighted by Crippen LogP contribution is 2.29. The predicted molar refractivity (Wildman–Crippen MR) is 79.4 cm³/mol. The molecule has 0 saturated heterocycles. The van der Waals surface area contributed by atoms with Crippen molar-refractivity contribution in [3.63, 3.8) is 0 Å². The van der Waals surface area contributed by atoms with E-state index in [1.807, 2.05) is 13.8 Å². The normalized spacial score (nSPS) is 12.7. The van der Waals surface area contributed by atoms with E-state index in [9.17, 15) is 14.9 Å². The molecule has 7 nitrogen and oxygen atoms in total. The molecule has 1 atom stereocenters. The van der Waals surface area contributed by atoms with E-state index >= 15 is 0 Å². The van der Waals surface area contributed by atoms with Crippen LogP contribution in [0.15, 0.2) is 24.4 Å². The second-order valence-corrected chi connectivity index (χ2v) is 6.01. The number of pyridine rings is 1. The Balaban J connectivity index is 2.32. The molecule has 2 aromatic rings. The van der Waals surface area contributed by atoms with Crippen LogP contribution in [0.2, 0.25) is 0 Å². The maximum Gasteiger partial charge on any atom is 0.351 e. The van der Waals surface area contributed by atoms with Crippen molar-refractivity contribution in [3.8, 4) is 0 Å². The Hall–Kier alpha value is -2.09. The van der Waals surface area contributed by atoms with Gasteiger partial charge in [0.2, 0.25) is 5.65 Å². The molecule has 2 aromatic heterocycles. The van der Waals surface area contributed by atoms with E-state index in [0.29, 0.717) is 11.3 Å². The summed E-state index contributed by atoms with van der Waals surface area (Å²) in [4.78, 5) is 26.1. The molecule has 0 spiro atoms. The largest absolute Gasteiger partial charge is 0.480 e. The topological polar surface area (TPSA) is 97.7 Å². The first kappa shape index (κ1) is 15.3. The van der Waals surface area contributed by atoms with Gasteiger partial charge >= 0.3 is 11.8 Å². The molecule has 0 fully saturated rings. The van der Waals surface area contributed by atoms with Crippen LogP contribution in [-0.4, -0.2) is 30.6 Å². The zero-order valence-corrected chi connectivity index (χ0v) is 12.4. The minimum Gasteiger partial charge on any atom is -0.480 e. The molecule has 21 heavy (non-hydrogen) atoms. The first-order valence-corrected chi connectivity index (χ1v) is 7.41. The lowest BCUT2D eigenvalue weighted by Gasteiger charge is -2.14. The Bertz CT molecular complexity index is 683. The zero-order chi connectivity index (χ0) is 15.6. The highest BCUT2D eigenvalue weighted by atomic mass is 32.2. The summed E-state index contributed by atoms with van der Waals surface area (Å²) in [6, 6.07) is 5.11. The smallest absolute Gasteiger partial charge is 0.351 e. The molecule has 0 saturated carbocycles. The van der Waals surface area contributed by atoms with Crippen LogP contribution in [0.3, 0.4) is 0 Å². The van der Waals surface area contributed by atoms with Crippen LogP contribution in [0.1, 0.15) is 19.5 Å². The fraction of sp³-hybridized carbons (Fsp3) is 0.385. The van der Waals surface area contributed by atoms with Crippen molar-refractivity contribution >= 4 is 29.2 Å². The number of fused-ring (bicyclic) bond motifs is 1. The summed E-state index contributed by atoms with van der Waals surface area (Å²) in [7, 11) is 0. The molecule has 0 amide bonds. The van der Waals surface area contributed by atoms with Gasteiger partial charge in [-0.1, -0.05) is 19.9 Å². The van der Waals surface area contributed by atoms with Crippen LogP contribution < -0.4 is 0 Å². The highest BCUT2D eigenvalue weighted by molar-refractivity contribution is 7.99. The van der Waals surface area contributed by atoms with E-state index in [4.69, 9.17) is 5.11 Å². The third-order valence-corrected chi connectivity index (χ3v) is 4.54. The number of hydrogen-bond donors (Lipinski definition) is 1. The standard InChI is InChI=1S/C13H15N3O4S/c1-8(2)11(13(17)18)21-7-9-12(16(19)20)15-6-4-3-5-10(15)14-9/h3-6,8,11H,7H2,1-2H3,(H,17,18). The summed E-state index contributed by atoms with van der Waals surface area (Å²) in [5.41, 5.74) is 0.777. The minimum atomic E-state index is -0.915. The van der Waals surface area contributed by atoms with Gasteiger partial charge in [-0.05, 0) is 16.9 Å². The summed E-state index contributed by atoms with van der Waals surface area (Å²) in [6.45, 7) is 3.62. The van der Waals surface area contributed by atoms with Crippen molar-refractivity contribution in [2.45, 2.75) is 24.9 Å². The van der Waals surface area contributed by atoms with Gasteiger partial charge in [0.05, 0.1) is 6.20 Å². The first-order valence-electron chi connectivity index (χ1n) is 6.36. The molecular weight excluding hydrogens is 294 g/mol. The lowest BCUT2D eigenvalue weighted by Crippen LogP contribution is -2.22. The predicted octanol–water partition coefficient (Wildman–Crippen LogP) is 2.58. The van der Waals surface area contributed by atoms with Gasteiger partial charge in [0.1, 0.15) is 10.9 Å². The number of hydrogen-bond acceptors (Lipinski definition) is 5. The van der Waals surface area contributed by atoms with Crippen LogP contribution in [-0.2, 0) is 10.5 Å². The fourth-order valence-electron chi connectivity index (χ4n) is 2.04. The quantitative estimate of drug-likeness (QED) is 0.650. The van der Waals surface area contributed by atoms with Crippen LogP contribution in [0.25, 0.3) is 5.65 Å². The van der Waals surface area contributed by atoms with Gasteiger partial charge in [0.15, 0.2) is 0 Å². The maximum absolute atomic E-state index is 11.2. The van der Waals surface area contributed by atoms with Gasteiger partial charge in [0, 0.05) is 11.8 Å². The van der Waals surface area contributed by atoms with E-state index in [-0.39, 0.29) is 17.5 Å².